The molecule has 3 rings (SSSR count). The normalized spacial score (nSPS) is 10.4. The molecule has 0 fully saturated rings. The van der Waals surface area contributed by atoms with Crippen LogP contribution in [0, 0.1) is 0 Å². The number of benzene rings is 1. The van der Waals surface area contributed by atoms with Crippen LogP contribution in [0.3, 0.4) is 0 Å². The van der Waals surface area contributed by atoms with Crippen LogP contribution >= 0.6 is 11.6 Å². The van der Waals surface area contributed by atoms with Crippen LogP contribution in [0.5, 0.6) is 0 Å². The Hall–Kier alpha value is -2.39. The first kappa shape index (κ1) is 12.6. The van der Waals surface area contributed by atoms with Crippen molar-refractivity contribution in [3.63, 3.8) is 0 Å². The Morgan fingerprint density at radius 3 is 2.45 bits per heavy atom. The minimum atomic E-state index is -0.238. The molecular formula is C16H11ClN2O. The van der Waals surface area contributed by atoms with Gasteiger partial charge in [-0.15, -0.1) is 0 Å². The smallest absolute Gasteiger partial charge is 0.273 e. The van der Waals surface area contributed by atoms with Gasteiger partial charge >= 0.3 is 0 Å². The van der Waals surface area contributed by atoms with Gasteiger partial charge in [0.15, 0.2) is 0 Å². The molecule has 3 nitrogen and oxygen atoms in total. The fourth-order valence-electron chi connectivity index (χ4n) is 2.00. The molecule has 3 aromatic rings. The second kappa shape index (κ2) is 5.31. The molecule has 0 N–H and O–H groups in total. The molecule has 2 aromatic heterocycles. The average Bonchev–Trinajstić information content (AvgIpc) is 2.51. The summed E-state index contributed by atoms with van der Waals surface area (Å²) in [6.07, 6.45) is 3.47. The van der Waals surface area contributed by atoms with Crippen LogP contribution < -0.4 is 5.56 Å². The van der Waals surface area contributed by atoms with E-state index in [-0.39, 0.29) is 10.6 Å². The van der Waals surface area contributed by atoms with Gasteiger partial charge in [0.2, 0.25) is 0 Å². The lowest BCUT2D eigenvalue weighted by molar-refractivity contribution is 0.991. The molecule has 0 aliphatic heterocycles. The molecule has 98 valence electrons. The summed E-state index contributed by atoms with van der Waals surface area (Å²) in [6, 6.07) is 16.6. The van der Waals surface area contributed by atoms with E-state index in [1.807, 2.05) is 48.5 Å². The molecule has 4 heteroatoms. The second-order valence-corrected chi connectivity index (χ2v) is 4.71. The third kappa shape index (κ3) is 2.36. The Bertz CT molecular complexity index is 783. The lowest BCUT2D eigenvalue weighted by Crippen LogP contribution is -2.18. The highest BCUT2D eigenvalue weighted by Crippen LogP contribution is 2.19. The predicted molar refractivity (Wildman–Crippen MR) is 80.3 cm³/mol. The summed E-state index contributed by atoms with van der Waals surface area (Å²) in [6.45, 7) is 0. The highest BCUT2D eigenvalue weighted by atomic mass is 35.5. The van der Waals surface area contributed by atoms with Crippen molar-refractivity contribution in [2.45, 2.75) is 0 Å². The van der Waals surface area contributed by atoms with Gasteiger partial charge in [0.05, 0.1) is 5.69 Å². The summed E-state index contributed by atoms with van der Waals surface area (Å²) >= 11 is 6.06. The van der Waals surface area contributed by atoms with Crippen LogP contribution in [-0.2, 0) is 0 Å². The van der Waals surface area contributed by atoms with Crippen molar-refractivity contribution in [2.24, 2.45) is 0 Å². The number of halogens is 1. The van der Waals surface area contributed by atoms with Gasteiger partial charge in [-0.05, 0) is 30.3 Å². The van der Waals surface area contributed by atoms with Crippen molar-refractivity contribution in [1.82, 2.24) is 9.55 Å². The first-order chi connectivity index (χ1) is 9.75. The van der Waals surface area contributed by atoms with Gasteiger partial charge in [-0.2, -0.15) is 0 Å². The number of rotatable bonds is 2. The number of aromatic nitrogens is 2. The van der Waals surface area contributed by atoms with Gasteiger partial charge in [-0.1, -0.05) is 35.9 Å². The Balaban J connectivity index is 2.22. The number of hydrogen-bond acceptors (Lipinski definition) is 2. The van der Waals surface area contributed by atoms with Crippen LogP contribution in [0.25, 0.3) is 16.9 Å². The molecule has 0 amide bonds. The molecule has 0 saturated carbocycles. The highest BCUT2D eigenvalue weighted by molar-refractivity contribution is 6.30. The zero-order chi connectivity index (χ0) is 13.9. The monoisotopic (exact) mass is 282 g/mol. The standard InChI is InChI=1S/C16H11ClN2O/c17-14-10-12(15-8-4-5-9-18-15)11-19(16(14)20)13-6-2-1-3-7-13/h1-11H. The number of para-hydroxylation sites is 1. The molecule has 20 heavy (non-hydrogen) atoms. The van der Waals surface area contributed by atoms with Crippen LogP contribution in [-0.4, -0.2) is 9.55 Å². The van der Waals surface area contributed by atoms with Gasteiger partial charge in [0.1, 0.15) is 5.02 Å². The van der Waals surface area contributed by atoms with Gasteiger partial charge in [-0.25, -0.2) is 0 Å². The lowest BCUT2D eigenvalue weighted by atomic mass is 10.2. The SMILES string of the molecule is O=c1c(Cl)cc(-c2ccccn2)cn1-c1ccccc1. The van der Waals surface area contributed by atoms with Crippen molar-refractivity contribution >= 4 is 11.6 Å². The van der Waals surface area contributed by atoms with Crippen molar-refractivity contribution in [3.8, 4) is 16.9 Å². The van der Waals surface area contributed by atoms with Gasteiger partial charge in [0.25, 0.3) is 5.56 Å². The molecule has 0 bridgehead atoms. The van der Waals surface area contributed by atoms with Crippen molar-refractivity contribution in [1.29, 1.82) is 0 Å². The molecule has 0 unspecified atom stereocenters. The third-order valence-electron chi connectivity index (χ3n) is 2.97. The summed E-state index contributed by atoms with van der Waals surface area (Å²) in [5.74, 6) is 0. The molecule has 2 heterocycles. The Morgan fingerprint density at radius 1 is 1.00 bits per heavy atom. The van der Waals surface area contributed by atoms with Crippen molar-refractivity contribution in [2.75, 3.05) is 0 Å². The third-order valence-corrected chi connectivity index (χ3v) is 3.24. The fourth-order valence-corrected chi connectivity index (χ4v) is 2.21. The topological polar surface area (TPSA) is 34.9 Å². The van der Waals surface area contributed by atoms with Gasteiger partial charge in [0, 0.05) is 23.6 Å². The molecule has 0 aliphatic carbocycles. The molecular weight excluding hydrogens is 272 g/mol. The summed E-state index contributed by atoms with van der Waals surface area (Å²) in [5.41, 5.74) is 2.12. The Kier molecular flexibility index (Phi) is 3.35. The van der Waals surface area contributed by atoms with Crippen LogP contribution in [0.2, 0.25) is 5.02 Å². The Morgan fingerprint density at radius 2 is 1.75 bits per heavy atom. The Labute approximate surface area is 121 Å². The molecule has 0 spiro atoms. The summed E-state index contributed by atoms with van der Waals surface area (Å²) < 4.78 is 1.53. The summed E-state index contributed by atoms with van der Waals surface area (Å²) in [4.78, 5) is 16.4. The maximum Gasteiger partial charge on any atom is 0.273 e. The second-order valence-electron chi connectivity index (χ2n) is 4.30. The lowest BCUT2D eigenvalue weighted by Gasteiger charge is -2.09. The van der Waals surface area contributed by atoms with Crippen molar-refractivity contribution < 1.29 is 0 Å². The minimum Gasteiger partial charge on any atom is -0.282 e. The average molecular weight is 283 g/mol. The predicted octanol–water partition coefficient (Wildman–Crippen LogP) is 3.55. The van der Waals surface area contributed by atoms with Crippen LogP contribution in [0.4, 0.5) is 0 Å². The van der Waals surface area contributed by atoms with E-state index < -0.39 is 0 Å². The van der Waals surface area contributed by atoms with Crippen molar-refractivity contribution in [3.05, 3.63) is 82.4 Å². The number of pyridine rings is 2. The van der Waals surface area contributed by atoms with Gasteiger partial charge < -0.3 is 0 Å². The van der Waals surface area contributed by atoms with E-state index in [1.54, 1.807) is 18.5 Å². The van der Waals surface area contributed by atoms with E-state index in [1.165, 1.54) is 4.57 Å². The first-order valence-electron chi connectivity index (χ1n) is 6.15. The zero-order valence-corrected chi connectivity index (χ0v) is 11.3. The fraction of sp³-hybridized carbons (Fsp3) is 0. The molecule has 0 atom stereocenters. The van der Waals surface area contributed by atoms with E-state index in [4.69, 9.17) is 11.6 Å². The zero-order valence-electron chi connectivity index (χ0n) is 10.5. The van der Waals surface area contributed by atoms with Gasteiger partial charge in [-0.3, -0.25) is 14.3 Å². The summed E-state index contributed by atoms with van der Waals surface area (Å²) in [7, 11) is 0. The first-order valence-corrected chi connectivity index (χ1v) is 6.52. The molecule has 0 aliphatic rings. The van der Waals surface area contributed by atoms with E-state index in [0.29, 0.717) is 0 Å². The quantitative estimate of drug-likeness (QED) is 0.720. The molecule has 0 saturated heterocycles. The number of hydrogen-bond donors (Lipinski definition) is 0. The van der Waals surface area contributed by atoms with E-state index >= 15 is 0 Å². The molecule has 0 radical (unpaired) electrons. The number of nitrogens with zero attached hydrogens (tertiary/aromatic N) is 2. The van der Waals surface area contributed by atoms with E-state index in [2.05, 4.69) is 4.98 Å². The maximum atomic E-state index is 12.2. The highest BCUT2D eigenvalue weighted by Gasteiger charge is 2.08. The summed E-state index contributed by atoms with van der Waals surface area (Å²) in [5, 5.41) is 0.178. The van der Waals surface area contributed by atoms with E-state index in [0.717, 1.165) is 16.9 Å². The van der Waals surface area contributed by atoms with Crippen LogP contribution in [0.1, 0.15) is 0 Å². The minimum absolute atomic E-state index is 0.178. The maximum absolute atomic E-state index is 12.2. The largest absolute Gasteiger partial charge is 0.282 e. The van der Waals surface area contributed by atoms with Crippen LogP contribution in [0.15, 0.2) is 71.8 Å². The van der Waals surface area contributed by atoms with E-state index in [9.17, 15) is 4.79 Å². The molecule has 1 aromatic carbocycles.